The van der Waals surface area contributed by atoms with Gasteiger partial charge in [-0.3, -0.25) is 9.80 Å². The fourth-order valence-electron chi connectivity index (χ4n) is 7.37. The molecule has 5 aliphatic rings. The molecule has 0 saturated heterocycles. The number of allylic oxidation sites excluding steroid dienone is 1. The van der Waals surface area contributed by atoms with Crippen molar-refractivity contribution in [3.63, 3.8) is 0 Å². The lowest BCUT2D eigenvalue weighted by Gasteiger charge is -2.42. The first-order valence-corrected chi connectivity index (χ1v) is 15.4. The van der Waals surface area contributed by atoms with Gasteiger partial charge in [0.05, 0.1) is 20.0 Å². The van der Waals surface area contributed by atoms with E-state index in [1.807, 2.05) is 30.3 Å². The number of hydrogen-bond acceptors (Lipinski definition) is 8. The highest BCUT2D eigenvalue weighted by atomic mass is 16.5. The number of fused-ring (bicyclic) bond motifs is 2. The summed E-state index contributed by atoms with van der Waals surface area (Å²) in [5, 5.41) is 21.9. The molecule has 4 heterocycles. The minimum absolute atomic E-state index is 0.0607. The standard InChI is InChI=1S/C36H40N2O6/c1-37-13-11-23-18-26(41-3)20-32-33(23)27(37)15-21-5-8-25(9-6-21)43-31-17-22(7-10-29(31)39)16-28-34-24(12-14-38(28)2)19-30(40)35(42-4)36(34)44-32/h5-10,17-19,27-28,32,39-40H,11-16,20H2,1-4H3. The van der Waals surface area contributed by atoms with E-state index in [4.69, 9.17) is 18.9 Å². The smallest absolute Gasteiger partial charge is 0.203 e. The molecule has 3 aromatic carbocycles. The van der Waals surface area contributed by atoms with Crippen molar-refractivity contribution in [2.24, 2.45) is 0 Å². The lowest BCUT2D eigenvalue weighted by atomic mass is 9.81. The first-order chi connectivity index (χ1) is 21.3. The van der Waals surface area contributed by atoms with Gasteiger partial charge in [-0.1, -0.05) is 18.2 Å². The fourth-order valence-corrected chi connectivity index (χ4v) is 7.37. The fraction of sp³-hybridized carbons (Fsp3) is 0.389. The van der Waals surface area contributed by atoms with Crippen LogP contribution in [0.3, 0.4) is 0 Å². The third-order valence-electron chi connectivity index (χ3n) is 9.76. The second kappa shape index (κ2) is 11.4. The molecule has 44 heavy (non-hydrogen) atoms. The van der Waals surface area contributed by atoms with Gasteiger partial charge in [0.25, 0.3) is 0 Å². The molecule has 2 N–H and O–H groups in total. The molecule has 1 aliphatic carbocycles. The molecule has 3 aromatic rings. The molecule has 4 aliphatic heterocycles. The molecule has 0 saturated carbocycles. The Bertz CT molecular complexity index is 1650. The Hall–Kier alpha value is -4.14. The molecule has 3 atom stereocenters. The highest BCUT2D eigenvalue weighted by Crippen LogP contribution is 2.50. The lowest BCUT2D eigenvalue weighted by Crippen LogP contribution is -2.46. The van der Waals surface area contributed by atoms with E-state index >= 15 is 0 Å². The van der Waals surface area contributed by atoms with Crippen LogP contribution in [0.15, 0.2) is 71.5 Å². The van der Waals surface area contributed by atoms with Gasteiger partial charge in [-0.15, -0.1) is 0 Å². The molecule has 8 rings (SSSR count). The number of nitrogens with zero attached hydrogens (tertiary/aromatic N) is 2. The van der Waals surface area contributed by atoms with E-state index in [9.17, 15) is 10.2 Å². The van der Waals surface area contributed by atoms with Crippen LogP contribution in [-0.2, 0) is 24.0 Å². The molecule has 4 bridgehead atoms. The molecule has 230 valence electrons. The van der Waals surface area contributed by atoms with Gasteiger partial charge in [0.1, 0.15) is 11.9 Å². The molecular formula is C36H40N2O6. The van der Waals surface area contributed by atoms with E-state index in [1.54, 1.807) is 20.3 Å². The van der Waals surface area contributed by atoms with E-state index < -0.39 is 0 Å². The van der Waals surface area contributed by atoms with E-state index in [2.05, 4.69) is 42.1 Å². The first kappa shape index (κ1) is 28.6. The molecule has 0 amide bonds. The molecule has 3 unspecified atom stereocenters. The number of benzene rings is 3. The summed E-state index contributed by atoms with van der Waals surface area (Å²) in [6.07, 6.45) is 5.61. The van der Waals surface area contributed by atoms with E-state index in [0.29, 0.717) is 35.8 Å². The van der Waals surface area contributed by atoms with Crippen LogP contribution in [0, 0.1) is 0 Å². The number of likely N-dealkylation sites (N-methyl/N-ethyl adjacent to an activating group) is 2. The van der Waals surface area contributed by atoms with E-state index in [0.717, 1.165) is 54.8 Å². The van der Waals surface area contributed by atoms with Crippen molar-refractivity contribution in [1.29, 1.82) is 0 Å². The summed E-state index contributed by atoms with van der Waals surface area (Å²) >= 11 is 0. The number of phenolic OH excluding ortho intramolecular Hbond substituents is 2. The first-order valence-electron chi connectivity index (χ1n) is 15.4. The number of hydrogen-bond donors (Lipinski definition) is 2. The number of phenols is 2. The zero-order chi connectivity index (χ0) is 30.5. The van der Waals surface area contributed by atoms with Gasteiger partial charge in [-0.2, -0.15) is 0 Å². The van der Waals surface area contributed by atoms with Gasteiger partial charge in [-0.25, -0.2) is 0 Å². The zero-order valence-corrected chi connectivity index (χ0v) is 25.8. The molecule has 8 heteroatoms. The number of methoxy groups -OCH3 is 2. The van der Waals surface area contributed by atoms with Crippen LogP contribution in [0.2, 0.25) is 0 Å². The monoisotopic (exact) mass is 596 g/mol. The number of rotatable bonds is 2. The number of aromatic hydroxyl groups is 2. The SMILES string of the molecule is COC1=CC2=C3C(C1)Oc1c(OC)c(O)cc4c1C(Cc1ccc(O)c(c1)Oc1ccc(cc1)CC3N(C)CC2)N(C)CC4. The predicted molar refractivity (Wildman–Crippen MR) is 168 cm³/mol. The van der Waals surface area contributed by atoms with Crippen molar-refractivity contribution >= 4 is 0 Å². The van der Waals surface area contributed by atoms with Crippen LogP contribution in [0.1, 0.15) is 41.1 Å². The Labute approximate surface area is 258 Å². The summed E-state index contributed by atoms with van der Waals surface area (Å²) in [4.78, 5) is 4.74. The average molecular weight is 597 g/mol. The Morgan fingerprint density at radius 2 is 1.52 bits per heavy atom. The summed E-state index contributed by atoms with van der Waals surface area (Å²) < 4.78 is 25.1. The number of ether oxygens (including phenoxy) is 4. The van der Waals surface area contributed by atoms with Crippen molar-refractivity contribution in [1.82, 2.24) is 9.80 Å². The van der Waals surface area contributed by atoms with Gasteiger partial charge in [0.2, 0.25) is 5.75 Å². The average Bonchev–Trinajstić information content (AvgIpc) is 3.02. The maximum Gasteiger partial charge on any atom is 0.203 e. The van der Waals surface area contributed by atoms with E-state index in [1.165, 1.54) is 16.7 Å². The van der Waals surface area contributed by atoms with Crippen molar-refractivity contribution in [3.8, 4) is 34.5 Å². The normalized spacial score (nSPS) is 23.5. The summed E-state index contributed by atoms with van der Waals surface area (Å²) in [5.41, 5.74) is 6.78. The third-order valence-corrected chi connectivity index (χ3v) is 9.76. The van der Waals surface area contributed by atoms with Crippen LogP contribution in [0.5, 0.6) is 34.5 Å². The zero-order valence-electron chi connectivity index (χ0n) is 25.8. The Morgan fingerprint density at radius 1 is 0.795 bits per heavy atom. The molecule has 0 radical (unpaired) electrons. The topological polar surface area (TPSA) is 83.9 Å². The summed E-state index contributed by atoms with van der Waals surface area (Å²) in [7, 11) is 7.61. The lowest BCUT2D eigenvalue weighted by molar-refractivity contribution is 0.142. The summed E-state index contributed by atoms with van der Waals surface area (Å²) in [5.74, 6) is 3.11. The van der Waals surface area contributed by atoms with Crippen molar-refractivity contribution in [2.75, 3.05) is 41.4 Å². The molecule has 0 spiro atoms. The van der Waals surface area contributed by atoms with Crippen LogP contribution in [-0.4, -0.2) is 73.6 Å². The van der Waals surface area contributed by atoms with Gasteiger partial charge in [-0.05, 0) is 104 Å². The van der Waals surface area contributed by atoms with Crippen molar-refractivity contribution in [2.45, 2.75) is 50.3 Å². The quantitative estimate of drug-likeness (QED) is 0.378. The highest BCUT2D eigenvalue weighted by Gasteiger charge is 2.39. The van der Waals surface area contributed by atoms with Crippen LogP contribution < -0.4 is 14.2 Å². The Balaban J connectivity index is 1.44. The maximum absolute atomic E-state index is 11.2. The Kier molecular flexibility index (Phi) is 7.42. The maximum atomic E-state index is 11.2. The third kappa shape index (κ3) is 5.06. The minimum Gasteiger partial charge on any atom is -0.504 e. The summed E-state index contributed by atoms with van der Waals surface area (Å²) in [6.45, 7) is 1.76. The molecule has 0 fully saturated rings. The summed E-state index contributed by atoms with van der Waals surface area (Å²) in [6, 6.07) is 15.6. The second-order valence-electron chi connectivity index (χ2n) is 12.4. The van der Waals surface area contributed by atoms with Gasteiger partial charge >= 0.3 is 0 Å². The van der Waals surface area contributed by atoms with Crippen LogP contribution >= 0.6 is 0 Å². The van der Waals surface area contributed by atoms with Crippen LogP contribution in [0.25, 0.3) is 0 Å². The molecule has 0 aromatic heterocycles. The van der Waals surface area contributed by atoms with E-state index in [-0.39, 0.29) is 29.7 Å². The van der Waals surface area contributed by atoms with Gasteiger partial charge in [0, 0.05) is 37.2 Å². The van der Waals surface area contributed by atoms with Crippen LogP contribution in [0.4, 0.5) is 0 Å². The minimum atomic E-state index is -0.302. The van der Waals surface area contributed by atoms with Crippen molar-refractivity contribution in [3.05, 3.63) is 93.8 Å². The van der Waals surface area contributed by atoms with Gasteiger partial charge < -0.3 is 29.2 Å². The second-order valence-corrected chi connectivity index (χ2v) is 12.4. The largest absolute Gasteiger partial charge is 0.504 e. The Morgan fingerprint density at radius 3 is 2.30 bits per heavy atom. The molecule has 8 nitrogen and oxygen atoms in total. The predicted octanol–water partition coefficient (Wildman–Crippen LogP) is 5.91. The highest BCUT2D eigenvalue weighted by molar-refractivity contribution is 5.61. The van der Waals surface area contributed by atoms with Crippen molar-refractivity contribution < 1.29 is 29.2 Å². The molecular weight excluding hydrogens is 556 g/mol. The van der Waals surface area contributed by atoms with Gasteiger partial charge in [0.15, 0.2) is 23.0 Å².